The molecule has 0 aromatic carbocycles. The molecule has 2 unspecified atom stereocenters. The zero-order valence-electron chi connectivity index (χ0n) is 17.2. The van der Waals surface area contributed by atoms with Crippen molar-refractivity contribution in [3.8, 4) is 0 Å². The summed E-state index contributed by atoms with van der Waals surface area (Å²) in [6.07, 6.45) is 6.66. The van der Waals surface area contributed by atoms with Crippen LogP contribution in [0.4, 0.5) is 8.78 Å². The van der Waals surface area contributed by atoms with Gasteiger partial charge in [0.15, 0.2) is 0 Å². The molecule has 0 aromatic rings. The Bertz CT molecular complexity index is 553. The molecular formula is C21H31F2NaO4. The number of aliphatic hydroxyl groups excluding tert-OH is 1. The number of halogens is 2. The van der Waals surface area contributed by atoms with Crippen molar-refractivity contribution in [3.63, 3.8) is 0 Å². The van der Waals surface area contributed by atoms with Gasteiger partial charge in [-0.3, -0.25) is 0 Å². The van der Waals surface area contributed by atoms with Crippen molar-refractivity contribution in [2.45, 2.75) is 88.9 Å². The summed E-state index contributed by atoms with van der Waals surface area (Å²) in [7, 11) is 0. The molecule has 154 valence electrons. The number of unbranched alkanes of at least 4 members (excludes halogenated alkanes) is 1. The van der Waals surface area contributed by atoms with Crippen LogP contribution in [0.15, 0.2) is 24.3 Å². The molecule has 1 aliphatic heterocycles. The predicted molar refractivity (Wildman–Crippen MR) is 97.3 cm³/mol. The maximum absolute atomic E-state index is 14.8. The van der Waals surface area contributed by atoms with Crippen molar-refractivity contribution in [3.05, 3.63) is 24.3 Å². The van der Waals surface area contributed by atoms with Crippen molar-refractivity contribution < 1.29 is 58.1 Å². The topological polar surface area (TPSA) is 69.6 Å². The van der Waals surface area contributed by atoms with Gasteiger partial charge < -0.3 is 19.7 Å². The van der Waals surface area contributed by atoms with E-state index < -0.39 is 30.0 Å². The van der Waals surface area contributed by atoms with Crippen molar-refractivity contribution in [1.82, 2.24) is 0 Å². The van der Waals surface area contributed by atoms with Gasteiger partial charge in [0.05, 0.1) is 6.10 Å². The molecule has 28 heavy (non-hydrogen) atoms. The number of carboxylic acid groups (broad SMARTS) is 1. The van der Waals surface area contributed by atoms with Gasteiger partial charge in [-0.15, -0.1) is 0 Å². The van der Waals surface area contributed by atoms with E-state index in [2.05, 4.69) is 0 Å². The van der Waals surface area contributed by atoms with Crippen molar-refractivity contribution >= 4 is 5.97 Å². The fourth-order valence-electron chi connectivity index (χ4n) is 4.04. The van der Waals surface area contributed by atoms with Crippen molar-refractivity contribution in [2.24, 2.45) is 11.8 Å². The molecule has 2 rings (SSSR count). The number of alkyl halides is 2. The summed E-state index contributed by atoms with van der Waals surface area (Å²) in [6.45, 7) is 3.38. The summed E-state index contributed by atoms with van der Waals surface area (Å²) in [4.78, 5) is 10.4. The standard InChI is InChI=1S/C21H32F2O4.Na/c1-3-4-13-21(2,23)17(24)12-10-14-9-11-15-19(14)20(22)16(27-15)7-5-6-8-18(25)26;/h5,7,10,12,14-17,19-20,24H,3-4,6,8-9,11,13H2,1-2H3,(H,25,26);/q;+1/p-1/b7-5+,12-10+;/t14-,15-,16-,17-,19-,20?,21?;/m1./s1. The van der Waals surface area contributed by atoms with Crippen molar-refractivity contribution in [1.29, 1.82) is 0 Å². The van der Waals surface area contributed by atoms with E-state index in [1.165, 1.54) is 13.0 Å². The Morgan fingerprint density at radius 1 is 1.39 bits per heavy atom. The molecule has 2 aliphatic rings. The predicted octanol–water partition coefficient (Wildman–Crippen LogP) is 0.0439. The second-order valence-electron chi connectivity index (χ2n) is 7.95. The van der Waals surface area contributed by atoms with Gasteiger partial charge >= 0.3 is 29.6 Å². The average Bonchev–Trinajstić information content (AvgIpc) is 3.15. The molecule has 2 fully saturated rings. The van der Waals surface area contributed by atoms with Gasteiger partial charge in [0, 0.05) is 11.9 Å². The van der Waals surface area contributed by atoms with Crippen LogP contribution in [0.1, 0.15) is 58.8 Å². The number of hydrogen-bond donors (Lipinski definition) is 1. The van der Waals surface area contributed by atoms with E-state index in [0.717, 1.165) is 19.3 Å². The molecular weight excluding hydrogens is 377 g/mol. The van der Waals surface area contributed by atoms with E-state index in [4.69, 9.17) is 4.74 Å². The van der Waals surface area contributed by atoms with E-state index >= 15 is 0 Å². The van der Waals surface area contributed by atoms with Gasteiger partial charge in [0.25, 0.3) is 0 Å². The normalized spacial score (nSPS) is 33.0. The summed E-state index contributed by atoms with van der Waals surface area (Å²) < 4.78 is 35.1. The molecule has 7 atom stereocenters. The zero-order valence-corrected chi connectivity index (χ0v) is 19.2. The molecule has 1 aliphatic carbocycles. The smallest absolute Gasteiger partial charge is 0.550 e. The fraction of sp³-hybridized carbons (Fsp3) is 0.762. The van der Waals surface area contributed by atoms with Crippen LogP contribution in [-0.2, 0) is 9.53 Å². The number of carboxylic acids is 1. The number of aliphatic carboxylic acids is 1. The largest absolute Gasteiger partial charge is 1.00 e. The Labute approximate surface area is 188 Å². The average molecular weight is 408 g/mol. The maximum atomic E-state index is 14.8. The third-order valence-corrected chi connectivity index (χ3v) is 5.74. The number of ether oxygens (including phenoxy) is 1. The van der Waals surface area contributed by atoms with Gasteiger partial charge in [-0.1, -0.05) is 44.1 Å². The molecule has 0 amide bonds. The number of hydrogen-bond acceptors (Lipinski definition) is 4. The Hall–Kier alpha value is -0.270. The van der Waals surface area contributed by atoms with Crippen LogP contribution in [0.25, 0.3) is 0 Å². The first-order chi connectivity index (χ1) is 12.8. The molecule has 0 radical (unpaired) electrons. The van der Waals surface area contributed by atoms with Crippen LogP contribution in [0.3, 0.4) is 0 Å². The van der Waals surface area contributed by atoms with Gasteiger partial charge in [-0.25, -0.2) is 8.78 Å². The van der Waals surface area contributed by atoms with Crippen LogP contribution in [-0.4, -0.2) is 41.2 Å². The minimum atomic E-state index is -1.68. The first kappa shape index (κ1) is 25.8. The minimum absolute atomic E-state index is 0. The number of carbonyl (C=O) groups excluding carboxylic acids is 1. The maximum Gasteiger partial charge on any atom is 1.00 e. The van der Waals surface area contributed by atoms with Crippen LogP contribution in [0, 0.1) is 11.8 Å². The van der Waals surface area contributed by atoms with Crippen molar-refractivity contribution in [2.75, 3.05) is 0 Å². The van der Waals surface area contributed by atoms with Gasteiger partial charge in [-0.2, -0.15) is 0 Å². The Morgan fingerprint density at radius 2 is 2.11 bits per heavy atom. The number of carbonyl (C=O) groups is 1. The second-order valence-corrected chi connectivity index (χ2v) is 7.95. The van der Waals surface area contributed by atoms with Crippen LogP contribution < -0.4 is 34.7 Å². The van der Waals surface area contributed by atoms with E-state index in [9.17, 15) is 23.8 Å². The Kier molecular flexibility index (Phi) is 10.9. The molecule has 0 aromatic heterocycles. The monoisotopic (exact) mass is 408 g/mol. The SMILES string of the molecule is CCCCC(C)(F)[C@H](O)/C=C/[C@H]1CC[C@H]2O[C@H](/C=C/CCC(=O)[O-])C(F)[C@H]12.[Na+]. The molecule has 0 bridgehead atoms. The van der Waals surface area contributed by atoms with Gasteiger partial charge in [0.1, 0.15) is 24.0 Å². The second kappa shape index (κ2) is 11.8. The molecule has 1 heterocycles. The molecule has 4 nitrogen and oxygen atoms in total. The molecule has 1 saturated carbocycles. The summed E-state index contributed by atoms with van der Waals surface area (Å²) >= 11 is 0. The van der Waals surface area contributed by atoms with E-state index in [0.29, 0.717) is 12.8 Å². The number of allylic oxidation sites excluding steroid dienone is 2. The third-order valence-electron chi connectivity index (χ3n) is 5.74. The number of aliphatic hydroxyl groups is 1. The minimum Gasteiger partial charge on any atom is -0.550 e. The Morgan fingerprint density at radius 3 is 2.75 bits per heavy atom. The number of rotatable bonds is 10. The van der Waals surface area contributed by atoms with Crippen LogP contribution >= 0.6 is 0 Å². The first-order valence-corrected chi connectivity index (χ1v) is 9.97. The third kappa shape index (κ3) is 6.91. The molecule has 1 N–H and O–H groups in total. The first-order valence-electron chi connectivity index (χ1n) is 9.97. The van der Waals surface area contributed by atoms with E-state index in [-0.39, 0.29) is 60.3 Å². The molecule has 7 heteroatoms. The Balaban J connectivity index is 0.00000392. The van der Waals surface area contributed by atoms with Gasteiger partial charge in [-0.05, 0) is 44.9 Å². The van der Waals surface area contributed by atoms with Gasteiger partial charge in [0.2, 0.25) is 0 Å². The number of fused-ring (bicyclic) bond motifs is 1. The summed E-state index contributed by atoms with van der Waals surface area (Å²) in [5, 5.41) is 20.6. The van der Waals surface area contributed by atoms with Crippen LogP contribution in [0.5, 0.6) is 0 Å². The zero-order chi connectivity index (χ0) is 20.0. The summed E-state index contributed by atoms with van der Waals surface area (Å²) in [5.41, 5.74) is -1.68. The van der Waals surface area contributed by atoms with Crippen LogP contribution in [0.2, 0.25) is 0 Å². The summed E-state index contributed by atoms with van der Waals surface area (Å²) in [6, 6.07) is 0. The molecule has 1 saturated heterocycles. The van der Waals surface area contributed by atoms with E-state index in [1.807, 2.05) is 6.92 Å². The molecule has 0 spiro atoms. The quantitative estimate of drug-likeness (QED) is 0.410. The summed E-state index contributed by atoms with van der Waals surface area (Å²) in [5.74, 6) is -1.54. The van der Waals surface area contributed by atoms with E-state index in [1.54, 1.807) is 18.2 Å². The fourth-order valence-corrected chi connectivity index (χ4v) is 4.04.